The second-order valence-electron chi connectivity index (χ2n) is 1.76. The van der Waals surface area contributed by atoms with E-state index in [-0.39, 0.29) is 0 Å². The van der Waals surface area contributed by atoms with Gasteiger partial charge in [-0.05, 0) is 6.26 Å². The highest BCUT2D eigenvalue weighted by Gasteiger charge is 1.91. The van der Waals surface area contributed by atoms with Gasteiger partial charge in [-0.1, -0.05) is 0 Å². The van der Waals surface area contributed by atoms with E-state index >= 15 is 0 Å². The third kappa shape index (κ3) is 1.64. The zero-order valence-corrected chi connectivity index (χ0v) is 6.06. The highest BCUT2D eigenvalue weighted by Crippen LogP contribution is 2.05. The lowest BCUT2D eigenvalue weighted by Crippen LogP contribution is -2.07. The van der Waals surface area contributed by atoms with Crippen LogP contribution in [0.3, 0.4) is 0 Å². The van der Waals surface area contributed by atoms with Crippen LogP contribution in [0.1, 0.15) is 5.56 Å². The molecule has 0 aliphatic rings. The van der Waals surface area contributed by atoms with Gasteiger partial charge in [0.25, 0.3) is 0 Å². The maximum atomic E-state index is 5.31. The van der Waals surface area contributed by atoms with Gasteiger partial charge < -0.3 is 5.84 Å². The predicted molar refractivity (Wildman–Crippen MR) is 39.6 cm³/mol. The Hall–Kier alpha value is -0.640. The minimum atomic E-state index is 0.983. The maximum Gasteiger partial charge on any atom is 0.0551 e. The van der Waals surface area contributed by atoms with Gasteiger partial charge in [-0.25, -0.2) is 0 Å². The van der Waals surface area contributed by atoms with Crippen molar-refractivity contribution < 1.29 is 0 Å². The van der Waals surface area contributed by atoms with Crippen LogP contribution in [0.15, 0.2) is 12.4 Å². The van der Waals surface area contributed by atoms with Gasteiger partial charge in [0.2, 0.25) is 0 Å². The molecular formula is C5H9N3S. The summed E-state index contributed by atoms with van der Waals surface area (Å²) < 4.78 is 0. The van der Waals surface area contributed by atoms with Crippen molar-refractivity contribution in [2.45, 2.75) is 5.75 Å². The Morgan fingerprint density at radius 2 is 2.67 bits per heavy atom. The first-order chi connectivity index (χ1) is 4.33. The van der Waals surface area contributed by atoms with E-state index in [1.165, 1.54) is 10.4 Å². The molecule has 1 heterocycles. The summed E-state index contributed by atoms with van der Waals surface area (Å²) in [7, 11) is 0. The third-order valence-corrected chi connectivity index (χ3v) is 1.59. The fourth-order valence-corrected chi connectivity index (χ4v) is 1.10. The second-order valence-corrected chi connectivity index (χ2v) is 2.63. The van der Waals surface area contributed by atoms with Gasteiger partial charge in [0, 0.05) is 11.3 Å². The zero-order valence-electron chi connectivity index (χ0n) is 5.24. The quantitative estimate of drug-likeness (QED) is 0.612. The normalized spacial score (nSPS) is 9.89. The van der Waals surface area contributed by atoms with Crippen molar-refractivity contribution in [2.75, 3.05) is 12.1 Å². The summed E-state index contributed by atoms with van der Waals surface area (Å²) in [5.74, 6) is 6.29. The summed E-state index contributed by atoms with van der Waals surface area (Å²) in [5, 5.41) is 3.82. The number of hydrogen-bond donors (Lipinski definition) is 1. The SMILES string of the molecule is CSCc1cnn(N)c1. The van der Waals surface area contributed by atoms with Gasteiger partial charge in [0.05, 0.1) is 12.4 Å². The molecule has 0 saturated carbocycles. The van der Waals surface area contributed by atoms with Crippen LogP contribution in [0.25, 0.3) is 0 Å². The molecule has 0 saturated heterocycles. The molecular weight excluding hydrogens is 134 g/mol. The summed E-state index contributed by atoms with van der Waals surface area (Å²) in [6, 6.07) is 0. The summed E-state index contributed by atoms with van der Waals surface area (Å²) in [5.41, 5.74) is 1.17. The first kappa shape index (κ1) is 6.48. The number of rotatable bonds is 2. The van der Waals surface area contributed by atoms with Gasteiger partial charge in [-0.2, -0.15) is 21.7 Å². The lowest BCUT2D eigenvalue weighted by molar-refractivity contribution is 0.832. The van der Waals surface area contributed by atoms with Crippen molar-refractivity contribution in [2.24, 2.45) is 0 Å². The molecule has 1 rings (SSSR count). The minimum Gasteiger partial charge on any atom is -0.323 e. The first-order valence-electron chi connectivity index (χ1n) is 2.60. The monoisotopic (exact) mass is 143 g/mol. The van der Waals surface area contributed by atoms with E-state index in [4.69, 9.17) is 5.84 Å². The van der Waals surface area contributed by atoms with E-state index < -0.39 is 0 Å². The average molecular weight is 143 g/mol. The van der Waals surface area contributed by atoms with Crippen LogP contribution in [0.4, 0.5) is 0 Å². The number of nitrogens with two attached hydrogens (primary N) is 1. The molecule has 4 heteroatoms. The molecule has 0 fully saturated rings. The molecule has 0 bridgehead atoms. The third-order valence-electron chi connectivity index (χ3n) is 0.966. The van der Waals surface area contributed by atoms with Crippen molar-refractivity contribution in [3.8, 4) is 0 Å². The number of thioether (sulfide) groups is 1. The molecule has 0 spiro atoms. The van der Waals surface area contributed by atoms with Crippen LogP contribution in [-0.4, -0.2) is 16.1 Å². The maximum absolute atomic E-state index is 5.31. The lowest BCUT2D eigenvalue weighted by atomic mass is 10.4. The van der Waals surface area contributed by atoms with Crippen LogP contribution in [0.5, 0.6) is 0 Å². The largest absolute Gasteiger partial charge is 0.323 e. The molecule has 3 nitrogen and oxygen atoms in total. The van der Waals surface area contributed by atoms with E-state index in [9.17, 15) is 0 Å². The first-order valence-corrected chi connectivity index (χ1v) is 4.00. The van der Waals surface area contributed by atoms with Crippen molar-refractivity contribution in [1.29, 1.82) is 0 Å². The Labute approximate surface area is 58.2 Å². The van der Waals surface area contributed by atoms with E-state index in [1.807, 2.05) is 12.5 Å². The van der Waals surface area contributed by atoms with Crippen LogP contribution in [-0.2, 0) is 5.75 Å². The van der Waals surface area contributed by atoms with Crippen molar-refractivity contribution in [3.63, 3.8) is 0 Å². The van der Waals surface area contributed by atoms with Gasteiger partial charge in [0.15, 0.2) is 0 Å². The van der Waals surface area contributed by atoms with Gasteiger partial charge in [0.1, 0.15) is 0 Å². The second kappa shape index (κ2) is 2.77. The van der Waals surface area contributed by atoms with E-state index in [1.54, 1.807) is 18.0 Å². The van der Waals surface area contributed by atoms with Crippen molar-refractivity contribution in [3.05, 3.63) is 18.0 Å². The van der Waals surface area contributed by atoms with Crippen LogP contribution in [0, 0.1) is 0 Å². The molecule has 0 aliphatic carbocycles. The van der Waals surface area contributed by atoms with Crippen molar-refractivity contribution in [1.82, 2.24) is 9.89 Å². The average Bonchev–Trinajstić information content (AvgIpc) is 2.17. The molecule has 0 amide bonds. The molecule has 9 heavy (non-hydrogen) atoms. The Morgan fingerprint density at radius 3 is 3.11 bits per heavy atom. The fourth-order valence-electron chi connectivity index (χ4n) is 0.619. The van der Waals surface area contributed by atoms with E-state index in [0.29, 0.717) is 0 Å². The lowest BCUT2D eigenvalue weighted by Gasteiger charge is -1.86. The molecule has 1 aromatic rings. The van der Waals surface area contributed by atoms with E-state index in [2.05, 4.69) is 5.10 Å². The summed E-state index contributed by atoms with van der Waals surface area (Å²) >= 11 is 1.76. The Kier molecular flexibility index (Phi) is 2.00. The summed E-state index contributed by atoms with van der Waals surface area (Å²) in [6.07, 6.45) is 5.64. The summed E-state index contributed by atoms with van der Waals surface area (Å²) in [4.78, 5) is 1.32. The fraction of sp³-hybridized carbons (Fsp3) is 0.400. The molecule has 0 atom stereocenters. The smallest absolute Gasteiger partial charge is 0.0551 e. The number of nitrogen functional groups attached to an aromatic ring is 1. The van der Waals surface area contributed by atoms with Crippen LogP contribution < -0.4 is 5.84 Å². The molecule has 2 N–H and O–H groups in total. The highest BCUT2D eigenvalue weighted by molar-refractivity contribution is 7.97. The van der Waals surface area contributed by atoms with Gasteiger partial charge >= 0.3 is 0 Å². The van der Waals surface area contributed by atoms with Crippen molar-refractivity contribution >= 4 is 11.8 Å². The topological polar surface area (TPSA) is 43.8 Å². The summed E-state index contributed by atoms with van der Waals surface area (Å²) in [6.45, 7) is 0. The van der Waals surface area contributed by atoms with Crippen LogP contribution in [0.2, 0.25) is 0 Å². The number of hydrogen-bond acceptors (Lipinski definition) is 3. The predicted octanol–water partition coefficient (Wildman–Crippen LogP) is 0.460. The van der Waals surface area contributed by atoms with Gasteiger partial charge in [-0.15, -0.1) is 0 Å². The Bertz CT molecular complexity index is 184. The molecule has 0 aromatic carbocycles. The van der Waals surface area contributed by atoms with Gasteiger partial charge in [-0.3, -0.25) is 0 Å². The molecule has 1 aromatic heterocycles. The van der Waals surface area contributed by atoms with Crippen LogP contribution >= 0.6 is 11.8 Å². The molecule has 0 radical (unpaired) electrons. The zero-order chi connectivity index (χ0) is 6.69. The molecule has 0 unspecified atom stereocenters. The minimum absolute atomic E-state index is 0.983. The Balaban J connectivity index is 2.61. The number of nitrogens with zero attached hydrogens (tertiary/aromatic N) is 2. The highest BCUT2D eigenvalue weighted by atomic mass is 32.2. The molecule has 0 aliphatic heterocycles. The Morgan fingerprint density at radius 1 is 1.89 bits per heavy atom. The standard InChI is InChI=1S/C5H9N3S/c1-9-4-5-2-7-8(6)3-5/h2-3H,4,6H2,1H3. The van der Waals surface area contributed by atoms with E-state index in [0.717, 1.165) is 5.75 Å². The molecule has 50 valence electrons. The number of aromatic nitrogens is 2.